The summed E-state index contributed by atoms with van der Waals surface area (Å²) in [7, 11) is 4.06. The van der Waals surface area contributed by atoms with E-state index in [1.54, 1.807) is 0 Å². The summed E-state index contributed by atoms with van der Waals surface area (Å²) in [6.07, 6.45) is 2.48. The second-order valence-corrected chi connectivity index (χ2v) is 9.02. The summed E-state index contributed by atoms with van der Waals surface area (Å²) in [5.41, 5.74) is 0.353. The third kappa shape index (κ3) is 4.86. The molecule has 27 heavy (non-hydrogen) atoms. The minimum absolute atomic E-state index is 0.328. The van der Waals surface area contributed by atoms with E-state index < -0.39 is 0 Å². The van der Waals surface area contributed by atoms with E-state index in [9.17, 15) is 0 Å². The van der Waals surface area contributed by atoms with Crippen LogP contribution in [0.1, 0.15) is 40.5 Å². The predicted octanol–water partition coefficient (Wildman–Crippen LogP) is 2.39. The summed E-state index contributed by atoms with van der Waals surface area (Å²) in [4.78, 5) is 4.84. The zero-order valence-electron chi connectivity index (χ0n) is 17.8. The topological polar surface area (TPSA) is 34.2 Å². The van der Waals surface area contributed by atoms with E-state index in [2.05, 4.69) is 51.6 Å². The van der Waals surface area contributed by atoms with Crippen LogP contribution in [0, 0.1) is 0 Å². The number of hydrogen-bond donors (Lipinski definition) is 0. The molecule has 2 fully saturated rings. The van der Waals surface area contributed by atoms with Gasteiger partial charge >= 0.3 is 7.12 Å². The van der Waals surface area contributed by atoms with Gasteiger partial charge < -0.3 is 18.9 Å². The van der Waals surface area contributed by atoms with Gasteiger partial charge in [-0.15, -0.1) is 0 Å². The van der Waals surface area contributed by atoms with Gasteiger partial charge in [0, 0.05) is 12.6 Å². The van der Waals surface area contributed by atoms with E-state index in [1.807, 2.05) is 24.3 Å². The molecular formula is C21H35BN2O3. The normalized spacial score (nSPS) is 23.1. The van der Waals surface area contributed by atoms with Crippen LogP contribution >= 0.6 is 0 Å². The summed E-state index contributed by atoms with van der Waals surface area (Å²) >= 11 is 0. The second-order valence-electron chi connectivity index (χ2n) is 9.02. The van der Waals surface area contributed by atoms with Crippen molar-refractivity contribution < 1.29 is 14.0 Å². The fourth-order valence-corrected chi connectivity index (χ4v) is 3.66. The molecule has 2 saturated heterocycles. The Morgan fingerprint density at radius 3 is 2.41 bits per heavy atom. The Morgan fingerprint density at radius 2 is 1.78 bits per heavy atom. The van der Waals surface area contributed by atoms with Crippen LogP contribution in [0.25, 0.3) is 0 Å². The first-order valence-electron chi connectivity index (χ1n) is 10.2. The average molecular weight is 374 g/mol. The summed E-state index contributed by atoms with van der Waals surface area (Å²) in [6, 6.07) is 8.76. The van der Waals surface area contributed by atoms with Gasteiger partial charge in [-0.25, -0.2) is 0 Å². The maximum absolute atomic E-state index is 6.15. The van der Waals surface area contributed by atoms with Gasteiger partial charge in [0.05, 0.1) is 11.2 Å². The zero-order valence-corrected chi connectivity index (χ0v) is 17.8. The molecule has 0 aromatic heterocycles. The molecule has 0 saturated carbocycles. The molecule has 1 aromatic rings. The molecule has 2 aliphatic rings. The van der Waals surface area contributed by atoms with E-state index >= 15 is 0 Å². The Morgan fingerprint density at radius 1 is 1.15 bits per heavy atom. The molecule has 0 atom stereocenters. The van der Waals surface area contributed by atoms with Crippen LogP contribution in [-0.4, -0.2) is 74.5 Å². The molecule has 5 nitrogen and oxygen atoms in total. The first kappa shape index (κ1) is 20.7. The highest BCUT2D eigenvalue weighted by molar-refractivity contribution is 6.62. The van der Waals surface area contributed by atoms with Crippen LogP contribution in [0.15, 0.2) is 24.3 Å². The maximum Gasteiger partial charge on any atom is 0.494 e. The molecule has 1 aromatic carbocycles. The number of likely N-dealkylation sites (N-methyl/N-ethyl adjacent to an activating group) is 1. The van der Waals surface area contributed by atoms with Crippen molar-refractivity contribution in [2.45, 2.75) is 57.8 Å². The standard InChI is InChI=1S/C21H35BN2O3/c1-20(2)21(3,4)27-22(26-20)17-8-7-9-19(16-17)25-15-14-24(6)18-10-12-23(5)13-11-18/h7-9,16,18H,10-15H2,1-6H3. The number of ether oxygens (including phenoxy) is 1. The third-order valence-electron chi connectivity index (χ3n) is 6.41. The van der Waals surface area contributed by atoms with Crippen LogP contribution in [-0.2, 0) is 9.31 Å². The van der Waals surface area contributed by atoms with Crippen molar-refractivity contribution in [2.24, 2.45) is 0 Å². The average Bonchev–Trinajstić information content (AvgIpc) is 2.83. The number of hydrogen-bond acceptors (Lipinski definition) is 5. The quantitative estimate of drug-likeness (QED) is 0.715. The molecule has 150 valence electrons. The van der Waals surface area contributed by atoms with E-state index in [0.717, 1.165) is 17.8 Å². The number of piperidine rings is 1. The molecular weight excluding hydrogens is 339 g/mol. The van der Waals surface area contributed by atoms with Gasteiger partial charge in [0.15, 0.2) is 0 Å². The highest BCUT2D eigenvalue weighted by atomic mass is 16.7. The highest BCUT2D eigenvalue weighted by Gasteiger charge is 2.51. The van der Waals surface area contributed by atoms with Crippen LogP contribution in [0.2, 0.25) is 0 Å². The maximum atomic E-state index is 6.15. The number of benzene rings is 1. The van der Waals surface area contributed by atoms with Gasteiger partial charge in [-0.3, -0.25) is 4.90 Å². The Hall–Kier alpha value is -1.08. The molecule has 0 spiro atoms. The summed E-state index contributed by atoms with van der Waals surface area (Å²) in [5, 5.41) is 0. The lowest BCUT2D eigenvalue weighted by Gasteiger charge is -2.35. The summed E-state index contributed by atoms with van der Waals surface area (Å²) in [5.74, 6) is 0.874. The lowest BCUT2D eigenvalue weighted by Crippen LogP contribution is -2.43. The van der Waals surface area contributed by atoms with Gasteiger partial charge in [-0.2, -0.15) is 0 Å². The molecule has 6 heteroatoms. The Bertz CT molecular complexity index is 614. The van der Waals surface area contributed by atoms with E-state index in [1.165, 1.54) is 25.9 Å². The molecule has 2 heterocycles. The van der Waals surface area contributed by atoms with E-state index in [4.69, 9.17) is 14.0 Å². The molecule has 0 radical (unpaired) electrons. The van der Waals surface area contributed by atoms with Crippen molar-refractivity contribution in [3.63, 3.8) is 0 Å². The SMILES string of the molecule is CN1CCC(N(C)CCOc2cccc(B3OC(C)(C)C(C)(C)O3)c2)CC1. The first-order chi connectivity index (χ1) is 12.7. The smallest absolute Gasteiger partial charge is 0.492 e. The van der Waals surface area contributed by atoms with Crippen molar-refractivity contribution in [1.82, 2.24) is 9.80 Å². The Balaban J connectivity index is 1.51. The number of rotatable bonds is 6. The fourth-order valence-electron chi connectivity index (χ4n) is 3.66. The predicted molar refractivity (Wildman–Crippen MR) is 111 cm³/mol. The van der Waals surface area contributed by atoms with Crippen LogP contribution in [0.3, 0.4) is 0 Å². The minimum atomic E-state index is -0.347. The lowest BCUT2D eigenvalue weighted by molar-refractivity contribution is 0.00578. The van der Waals surface area contributed by atoms with Gasteiger partial charge in [0.1, 0.15) is 12.4 Å². The van der Waals surface area contributed by atoms with Gasteiger partial charge in [-0.1, -0.05) is 12.1 Å². The van der Waals surface area contributed by atoms with Gasteiger partial charge in [-0.05, 0) is 85.3 Å². The zero-order chi connectivity index (χ0) is 19.7. The van der Waals surface area contributed by atoms with E-state index in [-0.39, 0.29) is 18.3 Å². The second kappa shape index (κ2) is 8.12. The van der Waals surface area contributed by atoms with Crippen LogP contribution in [0.5, 0.6) is 5.75 Å². The van der Waals surface area contributed by atoms with Crippen LogP contribution < -0.4 is 10.2 Å². The van der Waals surface area contributed by atoms with Gasteiger partial charge in [0.2, 0.25) is 0 Å². The Labute approximate surface area is 165 Å². The molecule has 3 rings (SSSR count). The minimum Gasteiger partial charge on any atom is -0.492 e. The third-order valence-corrected chi connectivity index (χ3v) is 6.41. The van der Waals surface area contributed by atoms with Crippen molar-refractivity contribution in [2.75, 3.05) is 40.3 Å². The number of nitrogens with zero attached hydrogens (tertiary/aromatic N) is 2. The van der Waals surface area contributed by atoms with Crippen molar-refractivity contribution >= 4 is 12.6 Å². The van der Waals surface area contributed by atoms with Crippen LogP contribution in [0.4, 0.5) is 0 Å². The number of likely N-dealkylation sites (tertiary alicyclic amines) is 1. The van der Waals surface area contributed by atoms with Crippen molar-refractivity contribution in [3.05, 3.63) is 24.3 Å². The molecule has 2 aliphatic heterocycles. The summed E-state index contributed by atoms with van der Waals surface area (Å²) < 4.78 is 18.3. The molecule has 0 aliphatic carbocycles. The van der Waals surface area contributed by atoms with E-state index in [0.29, 0.717) is 12.6 Å². The van der Waals surface area contributed by atoms with Crippen molar-refractivity contribution in [1.29, 1.82) is 0 Å². The molecule has 0 bridgehead atoms. The monoisotopic (exact) mass is 374 g/mol. The first-order valence-corrected chi connectivity index (χ1v) is 10.2. The highest BCUT2D eigenvalue weighted by Crippen LogP contribution is 2.36. The fraction of sp³-hybridized carbons (Fsp3) is 0.714. The lowest BCUT2D eigenvalue weighted by atomic mass is 9.79. The molecule has 0 unspecified atom stereocenters. The van der Waals surface area contributed by atoms with Crippen molar-refractivity contribution in [3.8, 4) is 5.75 Å². The molecule has 0 amide bonds. The Kier molecular flexibility index (Phi) is 6.21. The van der Waals surface area contributed by atoms with Gasteiger partial charge in [0.25, 0.3) is 0 Å². The largest absolute Gasteiger partial charge is 0.494 e. The molecule has 0 N–H and O–H groups in total. The summed E-state index contributed by atoms with van der Waals surface area (Å²) in [6.45, 7) is 12.3.